The molecule has 0 unspecified atom stereocenters. The molecule has 0 radical (unpaired) electrons. The van der Waals surface area contributed by atoms with Gasteiger partial charge in [-0.25, -0.2) is 4.98 Å². The first-order valence-electron chi connectivity index (χ1n) is 12.9. The van der Waals surface area contributed by atoms with Crippen LogP contribution >= 0.6 is 0 Å². The maximum atomic E-state index is 13.4. The van der Waals surface area contributed by atoms with Crippen molar-refractivity contribution in [3.05, 3.63) is 72.4 Å². The monoisotopic (exact) mass is 516 g/mol. The van der Waals surface area contributed by atoms with E-state index in [0.29, 0.717) is 57.2 Å². The summed E-state index contributed by atoms with van der Waals surface area (Å²) in [5, 5.41) is 6.34. The minimum atomic E-state index is -0.420. The highest BCUT2D eigenvalue weighted by Crippen LogP contribution is 2.29. The first-order valence-corrected chi connectivity index (χ1v) is 12.9. The minimum Gasteiger partial charge on any atom is -0.381 e. The highest BCUT2D eigenvalue weighted by molar-refractivity contribution is 5.97. The van der Waals surface area contributed by atoms with Crippen molar-refractivity contribution in [2.75, 3.05) is 50.7 Å². The SMILES string of the molecule is CN(CC1OCCO1)C(=O)c1cc(Nc2ccccc2)cc(-c2ccnc(NC(=O)C3CCOCC3)c2)c1. The maximum Gasteiger partial charge on any atom is 0.253 e. The molecule has 0 saturated carbocycles. The number of aromatic nitrogens is 1. The summed E-state index contributed by atoms with van der Waals surface area (Å²) in [5.41, 5.74) is 3.84. The van der Waals surface area contributed by atoms with Crippen LogP contribution < -0.4 is 10.6 Å². The fourth-order valence-corrected chi connectivity index (χ4v) is 4.58. The number of carbonyl (C=O) groups is 2. The van der Waals surface area contributed by atoms with E-state index >= 15 is 0 Å². The van der Waals surface area contributed by atoms with Crippen molar-refractivity contribution in [3.63, 3.8) is 0 Å². The topological polar surface area (TPSA) is 102 Å². The summed E-state index contributed by atoms with van der Waals surface area (Å²) in [7, 11) is 1.74. The second-order valence-electron chi connectivity index (χ2n) is 9.45. The lowest BCUT2D eigenvalue weighted by Crippen LogP contribution is -2.34. The van der Waals surface area contributed by atoms with Crippen LogP contribution in [0.15, 0.2) is 66.9 Å². The average molecular weight is 517 g/mol. The third-order valence-corrected chi connectivity index (χ3v) is 6.64. The summed E-state index contributed by atoms with van der Waals surface area (Å²) in [4.78, 5) is 32.1. The molecule has 3 heterocycles. The molecule has 0 spiro atoms. The van der Waals surface area contributed by atoms with Gasteiger partial charge in [0.15, 0.2) is 6.29 Å². The van der Waals surface area contributed by atoms with Crippen LogP contribution in [0.3, 0.4) is 0 Å². The number of carbonyl (C=O) groups excluding carboxylic acids is 2. The van der Waals surface area contributed by atoms with Crippen LogP contribution in [0.1, 0.15) is 23.2 Å². The molecule has 3 aromatic rings. The number of anilines is 3. The lowest BCUT2D eigenvalue weighted by atomic mass is 9.99. The van der Waals surface area contributed by atoms with Crippen molar-refractivity contribution in [2.45, 2.75) is 19.1 Å². The predicted molar refractivity (Wildman–Crippen MR) is 144 cm³/mol. The highest BCUT2D eigenvalue weighted by atomic mass is 16.7. The van der Waals surface area contributed by atoms with E-state index in [2.05, 4.69) is 15.6 Å². The van der Waals surface area contributed by atoms with E-state index < -0.39 is 6.29 Å². The van der Waals surface area contributed by atoms with Crippen molar-refractivity contribution < 1.29 is 23.8 Å². The van der Waals surface area contributed by atoms with Crippen LogP contribution in [-0.2, 0) is 19.0 Å². The number of hydrogen-bond donors (Lipinski definition) is 2. The van der Waals surface area contributed by atoms with Gasteiger partial charge < -0.3 is 29.7 Å². The fourth-order valence-electron chi connectivity index (χ4n) is 4.58. The summed E-state index contributed by atoms with van der Waals surface area (Å²) in [6.07, 6.45) is 2.65. The minimum absolute atomic E-state index is 0.0497. The number of para-hydroxylation sites is 1. The van der Waals surface area contributed by atoms with Gasteiger partial charge in [0.25, 0.3) is 5.91 Å². The Morgan fingerprint density at radius 1 is 0.921 bits per heavy atom. The van der Waals surface area contributed by atoms with E-state index in [1.165, 1.54) is 0 Å². The van der Waals surface area contributed by atoms with Crippen LogP contribution in [0, 0.1) is 5.92 Å². The van der Waals surface area contributed by atoms with Crippen molar-refractivity contribution in [1.82, 2.24) is 9.88 Å². The molecule has 1 aromatic heterocycles. The molecule has 2 amide bonds. The van der Waals surface area contributed by atoms with E-state index in [4.69, 9.17) is 14.2 Å². The third kappa shape index (κ3) is 6.55. The normalized spacial score (nSPS) is 16.2. The number of likely N-dealkylation sites (N-methyl/N-ethyl adjacent to an activating group) is 1. The van der Waals surface area contributed by atoms with Gasteiger partial charge in [-0.1, -0.05) is 18.2 Å². The van der Waals surface area contributed by atoms with Crippen LogP contribution in [0.5, 0.6) is 0 Å². The Labute approximate surface area is 222 Å². The molecule has 2 aliphatic heterocycles. The van der Waals surface area contributed by atoms with Gasteiger partial charge in [-0.2, -0.15) is 0 Å². The molecule has 2 aromatic carbocycles. The molecule has 9 nitrogen and oxygen atoms in total. The van der Waals surface area contributed by atoms with E-state index in [1.54, 1.807) is 18.1 Å². The molecule has 0 aliphatic carbocycles. The number of nitrogens with zero attached hydrogens (tertiary/aromatic N) is 2. The second kappa shape index (κ2) is 12.2. The number of benzene rings is 2. The van der Waals surface area contributed by atoms with Crippen molar-refractivity contribution in [1.29, 1.82) is 0 Å². The van der Waals surface area contributed by atoms with E-state index in [0.717, 1.165) is 22.5 Å². The van der Waals surface area contributed by atoms with Gasteiger partial charge in [-0.3, -0.25) is 9.59 Å². The molecule has 2 saturated heterocycles. The van der Waals surface area contributed by atoms with Crippen LogP contribution in [-0.4, -0.2) is 68.0 Å². The Balaban J connectivity index is 1.41. The number of amides is 2. The lowest BCUT2D eigenvalue weighted by Gasteiger charge is -2.21. The van der Waals surface area contributed by atoms with Crippen LogP contribution in [0.2, 0.25) is 0 Å². The highest BCUT2D eigenvalue weighted by Gasteiger charge is 2.23. The first kappa shape index (κ1) is 25.8. The largest absolute Gasteiger partial charge is 0.381 e. The summed E-state index contributed by atoms with van der Waals surface area (Å²) in [6, 6.07) is 19.1. The van der Waals surface area contributed by atoms with E-state index in [-0.39, 0.29) is 17.7 Å². The third-order valence-electron chi connectivity index (χ3n) is 6.64. The number of pyridine rings is 1. The number of hydrogen-bond acceptors (Lipinski definition) is 7. The van der Waals surface area contributed by atoms with Crippen molar-refractivity contribution >= 4 is 29.0 Å². The zero-order valence-electron chi connectivity index (χ0n) is 21.4. The van der Waals surface area contributed by atoms with E-state index in [1.807, 2.05) is 60.7 Å². The first-order chi connectivity index (χ1) is 18.5. The summed E-state index contributed by atoms with van der Waals surface area (Å²) >= 11 is 0. The lowest BCUT2D eigenvalue weighted by molar-refractivity contribution is -0.122. The molecule has 38 heavy (non-hydrogen) atoms. The van der Waals surface area contributed by atoms with Crippen LogP contribution in [0.25, 0.3) is 11.1 Å². The maximum absolute atomic E-state index is 13.4. The Morgan fingerprint density at radius 2 is 1.68 bits per heavy atom. The molecule has 9 heteroatoms. The van der Waals surface area contributed by atoms with Crippen molar-refractivity contribution in [3.8, 4) is 11.1 Å². The number of nitrogens with one attached hydrogen (secondary N) is 2. The van der Waals surface area contributed by atoms with Gasteiger partial charge in [0.2, 0.25) is 5.91 Å². The van der Waals surface area contributed by atoms with Gasteiger partial charge in [-0.05, 0) is 66.4 Å². The smallest absolute Gasteiger partial charge is 0.253 e. The van der Waals surface area contributed by atoms with Gasteiger partial charge in [0.1, 0.15) is 5.82 Å². The van der Waals surface area contributed by atoms with Gasteiger partial charge >= 0.3 is 0 Å². The second-order valence-corrected chi connectivity index (χ2v) is 9.45. The zero-order chi connectivity index (χ0) is 26.3. The van der Waals surface area contributed by atoms with Crippen molar-refractivity contribution in [2.24, 2.45) is 5.92 Å². The van der Waals surface area contributed by atoms with Gasteiger partial charge in [0, 0.05) is 49.3 Å². The molecule has 0 bridgehead atoms. The summed E-state index contributed by atoms with van der Waals surface area (Å²) in [6.45, 7) is 2.59. The molecule has 2 aliphatic rings. The molecule has 2 fully saturated rings. The summed E-state index contributed by atoms with van der Waals surface area (Å²) in [5.74, 6) is 0.191. The Morgan fingerprint density at radius 3 is 2.45 bits per heavy atom. The average Bonchev–Trinajstić information content (AvgIpc) is 3.46. The molecule has 5 rings (SSSR count). The molecular weight excluding hydrogens is 484 g/mol. The van der Waals surface area contributed by atoms with Crippen LogP contribution in [0.4, 0.5) is 17.2 Å². The Kier molecular flexibility index (Phi) is 8.28. The number of ether oxygens (including phenoxy) is 3. The molecular formula is C29H32N4O5. The Hall–Kier alpha value is -3.79. The van der Waals surface area contributed by atoms with Gasteiger partial charge in [-0.15, -0.1) is 0 Å². The molecule has 2 N–H and O–H groups in total. The standard InChI is InChI=1S/C29H32N4O5/c1-33(19-27-37-13-14-38-27)29(35)23-15-22(16-25(17-23)31-24-5-3-2-4-6-24)21-7-10-30-26(18-21)32-28(34)20-8-11-36-12-9-20/h2-7,10,15-18,20,27,31H,8-9,11-14,19H2,1H3,(H,30,32,34). The predicted octanol–water partition coefficient (Wildman–Crippen LogP) is 4.30. The Bertz CT molecular complexity index is 1260. The van der Waals surface area contributed by atoms with Gasteiger partial charge in [0.05, 0.1) is 19.8 Å². The number of rotatable bonds is 8. The zero-order valence-corrected chi connectivity index (χ0v) is 21.4. The quantitative estimate of drug-likeness (QED) is 0.460. The summed E-state index contributed by atoms with van der Waals surface area (Å²) < 4.78 is 16.4. The van der Waals surface area contributed by atoms with E-state index in [9.17, 15) is 9.59 Å². The fraction of sp³-hybridized carbons (Fsp3) is 0.345. The molecule has 198 valence electrons. The molecule has 0 atom stereocenters.